The number of nitrogens with zero attached hydrogens (tertiary/aromatic N) is 2. The molecule has 5 nitrogen and oxygen atoms in total. The van der Waals surface area contributed by atoms with Gasteiger partial charge in [-0.25, -0.2) is 9.78 Å². The number of aromatic amines is 1. The second-order valence-electron chi connectivity index (χ2n) is 8.74. The predicted molar refractivity (Wildman–Crippen MR) is 113 cm³/mol. The number of nitrogens with one attached hydrogen (secondary N) is 1. The van der Waals surface area contributed by atoms with Crippen LogP contribution in [0.2, 0.25) is 0 Å². The number of carboxylic acids is 1. The highest BCUT2D eigenvalue weighted by Crippen LogP contribution is 2.26. The maximum Gasteiger partial charge on any atom is 0.326 e. The summed E-state index contributed by atoms with van der Waals surface area (Å²) in [4.78, 5) is 21.6. The Hall–Kier alpha value is -2.30. The fourth-order valence-electron chi connectivity index (χ4n) is 3.85. The van der Waals surface area contributed by atoms with Gasteiger partial charge in [0.2, 0.25) is 0 Å². The Morgan fingerprint density at radius 3 is 2.68 bits per heavy atom. The molecular formula is C23H33N3O2. The monoisotopic (exact) mass is 383 g/mol. The van der Waals surface area contributed by atoms with Crippen molar-refractivity contribution in [2.24, 2.45) is 5.41 Å². The molecule has 2 aromatic rings. The normalized spacial score (nSPS) is 17.7. The van der Waals surface area contributed by atoms with Gasteiger partial charge in [0.15, 0.2) is 0 Å². The lowest BCUT2D eigenvalue weighted by molar-refractivity contribution is -0.139. The third-order valence-electron chi connectivity index (χ3n) is 6.01. The Labute approximate surface area is 168 Å². The van der Waals surface area contributed by atoms with Crippen LogP contribution in [-0.2, 0) is 24.1 Å². The van der Waals surface area contributed by atoms with Crippen molar-refractivity contribution in [3.05, 3.63) is 47.5 Å². The van der Waals surface area contributed by atoms with Gasteiger partial charge in [0, 0.05) is 24.8 Å². The highest BCUT2D eigenvalue weighted by atomic mass is 16.4. The molecule has 0 unspecified atom stereocenters. The Balaban J connectivity index is 1.58. The third-order valence-corrected chi connectivity index (χ3v) is 6.01. The molecule has 1 aliphatic rings. The molecule has 0 amide bonds. The van der Waals surface area contributed by atoms with E-state index in [1.165, 1.54) is 5.56 Å². The predicted octanol–water partition coefficient (Wildman–Crippen LogP) is 4.62. The van der Waals surface area contributed by atoms with Gasteiger partial charge in [-0.3, -0.25) is 0 Å². The van der Waals surface area contributed by atoms with Crippen LogP contribution < -0.4 is 4.90 Å². The van der Waals surface area contributed by atoms with E-state index in [4.69, 9.17) is 4.98 Å². The van der Waals surface area contributed by atoms with Crippen LogP contribution in [0.25, 0.3) is 0 Å². The number of rotatable bonds is 8. The summed E-state index contributed by atoms with van der Waals surface area (Å²) in [6, 6.07) is 7.97. The summed E-state index contributed by atoms with van der Waals surface area (Å²) >= 11 is 0. The van der Waals surface area contributed by atoms with E-state index < -0.39 is 12.0 Å². The van der Waals surface area contributed by atoms with E-state index in [1.807, 2.05) is 11.1 Å². The number of aliphatic carboxylic acids is 1. The molecule has 1 aliphatic heterocycles. The summed E-state index contributed by atoms with van der Waals surface area (Å²) in [6.07, 6.45) is 8.76. The van der Waals surface area contributed by atoms with E-state index in [9.17, 15) is 9.90 Å². The summed E-state index contributed by atoms with van der Waals surface area (Å²) in [5.74, 6) is 0.316. The molecule has 0 spiro atoms. The lowest BCUT2D eigenvalue weighted by Gasteiger charge is -2.34. The SMILES string of the molecule is CCC(C)(C)Cc1c[nH]c(CCc2ccc(N3CCCC[C@@H]3C(=O)O)cc2)n1. The summed E-state index contributed by atoms with van der Waals surface area (Å²) in [5.41, 5.74) is 3.68. The minimum absolute atomic E-state index is 0.282. The quantitative estimate of drug-likeness (QED) is 0.698. The topological polar surface area (TPSA) is 69.2 Å². The number of aromatic nitrogens is 2. The zero-order chi connectivity index (χ0) is 20.1. The zero-order valence-electron chi connectivity index (χ0n) is 17.4. The van der Waals surface area contributed by atoms with Crippen molar-refractivity contribution in [3.8, 4) is 0 Å². The fourth-order valence-corrected chi connectivity index (χ4v) is 3.85. The zero-order valence-corrected chi connectivity index (χ0v) is 17.4. The van der Waals surface area contributed by atoms with Crippen molar-refractivity contribution in [1.29, 1.82) is 0 Å². The second kappa shape index (κ2) is 8.80. The van der Waals surface area contributed by atoms with Crippen LogP contribution in [0.1, 0.15) is 63.5 Å². The van der Waals surface area contributed by atoms with Crippen LogP contribution in [-0.4, -0.2) is 33.6 Å². The summed E-state index contributed by atoms with van der Waals surface area (Å²) in [6.45, 7) is 7.60. The van der Waals surface area contributed by atoms with Crippen molar-refractivity contribution in [2.75, 3.05) is 11.4 Å². The van der Waals surface area contributed by atoms with E-state index >= 15 is 0 Å². The van der Waals surface area contributed by atoms with E-state index in [2.05, 4.69) is 50.0 Å². The maximum absolute atomic E-state index is 11.5. The van der Waals surface area contributed by atoms with Gasteiger partial charge in [-0.15, -0.1) is 0 Å². The third kappa shape index (κ3) is 5.15. The molecule has 1 fully saturated rings. The van der Waals surface area contributed by atoms with Gasteiger partial charge >= 0.3 is 5.97 Å². The first-order chi connectivity index (χ1) is 13.4. The molecular weight excluding hydrogens is 350 g/mol. The number of piperidine rings is 1. The van der Waals surface area contributed by atoms with Crippen molar-refractivity contribution in [1.82, 2.24) is 9.97 Å². The highest BCUT2D eigenvalue weighted by Gasteiger charge is 2.28. The molecule has 1 aromatic carbocycles. The summed E-state index contributed by atoms with van der Waals surface area (Å²) in [5, 5.41) is 9.47. The molecule has 1 aromatic heterocycles. The second-order valence-corrected chi connectivity index (χ2v) is 8.74. The number of carboxylic acid groups (broad SMARTS) is 1. The van der Waals surface area contributed by atoms with Gasteiger partial charge in [0.1, 0.15) is 11.9 Å². The van der Waals surface area contributed by atoms with Gasteiger partial charge in [0.25, 0.3) is 0 Å². The Morgan fingerprint density at radius 2 is 2.00 bits per heavy atom. The maximum atomic E-state index is 11.5. The van der Waals surface area contributed by atoms with Crippen LogP contribution in [0.4, 0.5) is 5.69 Å². The highest BCUT2D eigenvalue weighted by molar-refractivity contribution is 5.78. The number of hydrogen-bond donors (Lipinski definition) is 2. The molecule has 0 aliphatic carbocycles. The Kier molecular flexibility index (Phi) is 6.42. The van der Waals surface area contributed by atoms with Crippen LogP contribution in [0.5, 0.6) is 0 Å². The molecule has 0 bridgehead atoms. The first-order valence-electron chi connectivity index (χ1n) is 10.5. The number of hydrogen-bond acceptors (Lipinski definition) is 3. The van der Waals surface area contributed by atoms with E-state index in [0.29, 0.717) is 0 Å². The molecule has 152 valence electrons. The summed E-state index contributed by atoms with van der Waals surface area (Å²) < 4.78 is 0. The van der Waals surface area contributed by atoms with Gasteiger partial charge in [-0.05, 0) is 55.2 Å². The van der Waals surface area contributed by atoms with E-state index in [1.54, 1.807) is 0 Å². The van der Waals surface area contributed by atoms with Crippen molar-refractivity contribution >= 4 is 11.7 Å². The first kappa shape index (κ1) is 20.4. The number of H-pyrrole nitrogens is 1. The number of aryl methyl sites for hydroxylation is 2. The first-order valence-corrected chi connectivity index (χ1v) is 10.5. The molecule has 5 heteroatoms. The molecule has 1 saturated heterocycles. The van der Waals surface area contributed by atoms with Crippen molar-refractivity contribution < 1.29 is 9.90 Å². The number of imidazole rings is 1. The van der Waals surface area contributed by atoms with Crippen LogP contribution in [0.3, 0.4) is 0 Å². The largest absolute Gasteiger partial charge is 0.480 e. The average Bonchev–Trinajstić information content (AvgIpc) is 3.13. The molecule has 2 heterocycles. The lowest BCUT2D eigenvalue weighted by Crippen LogP contribution is -2.44. The van der Waals surface area contributed by atoms with Gasteiger partial charge in [-0.2, -0.15) is 0 Å². The Morgan fingerprint density at radius 1 is 1.25 bits per heavy atom. The minimum atomic E-state index is -0.719. The molecule has 2 N–H and O–H groups in total. The number of benzene rings is 1. The van der Waals surface area contributed by atoms with Crippen LogP contribution in [0, 0.1) is 5.41 Å². The van der Waals surface area contributed by atoms with E-state index in [0.717, 1.165) is 68.7 Å². The molecule has 0 radical (unpaired) electrons. The van der Waals surface area contributed by atoms with Crippen LogP contribution >= 0.6 is 0 Å². The fraction of sp³-hybridized carbons (Fsp3) is 0.565. The molecule has 3 rings (SSSR count). The number of carbonyl (C=O) groups is 1. The van der Waals surface area contributed by atoms with E-state index in [-0.39, 0.29) is 5.41 Å². The average molecular weight is 384 g/mol. The molecule has 1 atom stereocenters. The van der Waals surface area contributed by atoms with Crippen LogP contribution in [0.15, 0.2) is 30.5 Å². The standard InChI is InChI=1S/C23H33N3O2/c1-4-23(2,3)15-18-16-24-21(25-18)13-10-17-8-11-19(12-9-17)26-14-6-5-7-20(26)22(27)28/h8-9,11-12,16,20H,4-7,10,13-15H2,1-3H3,(H,24,25)(H,27,28)/t20-/m1/s1. The molecule has 28 heavy (non-hydrogen) atoms. The van der Waals surface area contributed by atoms with Crippen molar-refractivity contribution in [2.45, 2.75) is 71.8 Å². The smallest absolute Gasteiger partial charge is 0.326 e. The van der Waals surface area contributed by atoms with Gasteiger partial charge in [0.05, 0.1) is 5.69 Å². The lowest BCUT2D eigenvalue weighted by atomic mass is 9.85. The Bertz CT molecular complexity index is 779. The minimum Gasteiger partial charge on any atom is -0.480 e. The van der Waals surface area contributed by atoms with Crippen molar-refractivity contribution in [3.63, 3.8) is 0 Å². The van der Waals surface area contributed by atoms with Gasteiger partial charge in [-0.1, -0.05) is 39.3 Å². The number of anilines is 1. The van der Waals surface area contributed by atoms with Gasteiger partial charge < -0.3 is 15.0 Å². The summed E-state index contributed by atoms with van der Waals surface area (Å²) in [7, 11) is 0. The molecule has 0 saturated carbocycles.